The van der Waals surface area contributed by atoms with Gasteiger partial charge in [0.25, 0.3) is 0 Å². The highest BCUT2D eigenvalue weighted by Crippen LogP contribution is 2.12. The SMILES string of the molecule is Cc1ccc(C(C)NC(=O)NCCC(O)C(C)C)cc1. The van der Waals surface area contributed by atoms with Gasteiger partial charge in [0.05, 0.1) is 12.1 Å². The highest BCUT2D eigenvalue weighted by atomic mass is 16.3. The summed E-state index contributed by atoms with van der Waals surface area (Å²) in [5, 5.41) is 15.3. The molecule has 0 spiro atoms. The lowest BCUT2D eigenvalue weighted by molar-refractivity contribution is 0.116. The van der Waals surface area contributed by atoms with Gasteiger partial charge in [-0.15, -0.1) is 0 Å². The standard InChI is InChI=1S/C16H26N2O2/c1-11(2)15(19)9-10-17-16(20)18-13(4)14-7-5-12(3)6-8-14/h5-8,11,13,15,19H,9-10H2,1-4H3,(H2,17,18,20). The number of carbonyl (C=O) groups excluding carboxylic acids is 1. The molecule has 20 heavy (non-hydrogen) atoms. The van der Waals surface area contributed by atoms with Crippen LogP contribution in [-0.2, 0) is 0 Å². The molecule has 0 heterocycles. The van der Waals surface area contributed by atoms with Crippen LogP contribution in [0, 0.1) is 12.8 Å². The Morgan fingerprint density at radius 2 is 1.80 bits per heavy atom. The number of rotatable bonds is 6. The summed E-state index contributed by atoms with van der Waals surface area (Å²) in [5.74, 6) is 0.214. The Labute approximate surface area is 121 Å². The molecule has 3 N–H and O–H groups in total. The Hall–Kier alpha value is -1.55. The molecule has 112 valence electrons. The number of carbonyl (C=O) groups is 1. The van der Waals surface area contributed by atoms with Crippen LogP contribution in [0.4, 0.5) is 4.79 Å². The van der Waals surface area contributed by atoms with E-state index in [4.69, 9.17) is 0 Å². The molecule has 0 aromatic heterocycles. The number of aryl methyl sites for hydroxylation is 1. The third kappa shape index (κ3) is 5.61. The highest BCUT2D eigenvalue weighted by Gasteiger charge is 2.11. The van der Waals surface area contributed by atoms with Gasteiger partial charge in [-0.2, -0.15) is 0 Å². The minimum absolute atomic E-state index is 0.0365. The van der Waals surface area contributed by atoms with Crippen molar-refractivity contribution in [3.8, 4) is 0 Å². The smallest absolute Gasteiger partial charge is 0.315 e. The molecule has 0 aliphatic rings. The number of nitrogens with one attached hydrogen (secondary N) is 2. The van der Waals surface area contributed by atoms with Crippen LogP contribution in [0.5, 0.6) is 0 Å². The fourth-order valence-electron chi connectivity index (χ4n) is 1.85. The molecule has 1 aromatic carbocycles. The van der Waals surface area contributed by atoms with Crippen molar-refractivity contribution in [3.05, 3.63) is 35.4 Å². The van der Waals surface area contributed by atoms with Crippen molar-refractivity contribution in [2.75, 3.05) is 6.54 Å². The van der Waals surface area contributed by atoms with Crippen LogP contribution in [-0.4, -0.2) is 23.8 Å². The second-order valence-electron chi connectivity index (χ2n) is 5.63. The lowest BCUT2D eigenvalue weighted by Gasteiger charge is -2.17. The molecule has 2 unspecified atom stereocenters. The van der Waals surface area contributed by atoms with Crippen LogP contribution in [0.1, 0.15) is 44.4 Å². The largest absolute Gasteiger partial charge is 0.393 e. The summed E-state index contributed by atoms with van der Waals surface area (Å²) < 4.78 is 0. The van der Waals surface area contributed by atoms with Gasteiger partial charge in [-0.1, -0.05) is 43.7 Å². The predicted molar refractivity (Wildman–Crippen MR) is 81.6 cm³/mol. The molecule has 0 aliphatic heterocycles. The van der Waals surface area contributed by atoms with Crippen LogP contribution in [0.3, 0.4) is 0 Å². The summed E-state index contributed by atoms with van der Waals surface area (Å²) in [5.41, 5.74) is 2.28. The van der Waals surface area contributed by atoms with Crippen molar-refractivity contribution in [3.63, 3.8) is 0 Å². The fraction of sp³-hybridized carbons (Fsp3) is 0.562. The fourth-order valence-corrected chi connectivity index (χ4v) is 1.85. The van der Waals surface area contributed by atoms with Crippen LogP contribution < -0.4 is 10.6 Å². The first kappa shape index (κ1) is 16.5. The Balaban J connectivity index is 2.33. The number of hydrogen-bond donors (Lipinski definition) is 3. The molecule has 0 aliphatic carbocycles. The number of hydrogen-bond acceptors (Lipinski definition) is 2. The summed E-state index contributed by atoms with van der Waals surface area (Å²) in [6.07, 6.45) is 0.203. The molecule has 4 nitrogen and oxygen atoms in total. The van der Waals surface area contributed by atoms with Gasteiger partial charge in [-0.3, -0.25) is 0 Å². The van der Waals surface area contributed by atoms with Crippen molar-refractivity contribution in [2.45, 2.75) is 46.3 Å². The number of urea groups is 1. The second-order valence-corrected chi connectivity index (χ2v) is 5.63. The minimum Gasteiger partial charge on any atom is -0.393 e. The molecule has 2 atom stereocenters. The van der Waals surface area contributed by atoms with Crippen molar-refractivity contribution in [2.24, 2.45) is 5.92 Å². The molecule has 2 amide bonds. The topological polar surface area (TPSA) is 61.4 Å². The Morgan fingerprint density at radius 3 is 2.35 bits per heavy atom. The minimum atomic E-state index is -0.371. The zero-order chi connectivity index (χ0) is 15.1. The second kappa shape index (κ2) is 7.90. The van der Waals surface area contributed by atoms with E-state index >= 15 is 0 Å². The molecule has 0 fully saturated rings. The monoisotopic (exact) mass is 278 g/mol. The van der Waals surface area contributed by atoms with E-state index in [2.05, 4.69) is 10.6 Å². The van der Waals surface area contributed by atoms with Gasteiger partial charge in [-0.05, 0) is 31.7 Å². The van der Waals surface area contributed by atoms with Crippen molar-refractivity contribution in [1.29, 1.82) is 0 Å². The lowest BCUT2D eigenvalue weighted by Crippen LogP contribution is -2.38. The van der Waals surface area contributed by atoms with Crippen LogP contribution >= 0.6 is 0 Å². The number of aliphatic hydroxyl groups is 1. The summed E-state index contributed by atoms with van der Waals surface area (Å²) >= 11 is 0. The summed E-state index contributed by atoms with van der Waals surface area (Å²) in [6.45, 7) is 8.39. The Bertz CT molecular complexity index is 415. The average molecular weight is 278 g/mol. The highest BCUT2D eigenvalue weighted by molar-refractivity contribution is 5.74. The molecule has 0 bridgehead atoms. The van der Waals surface area contributed by atoms with Gasteiger partial charge >= 0.3 is 6.03 Å². The van der Waals surface area contributed by atoms with E-state index < -0.39 is 0 Å². The quantitative estimate of drug-likeness (QED) is 0.749. The van der Waals surface area contributed by atoms with Crippen LogP contribution in [0.15, 0.2) is 24.3 Å². The van der Waals surface area contributed by atoms with E-state index in [0.717, 1.165) is 5.56 Å². The molecule has 4 heteroatoms. The lowest BCUT2D eigenvalue weighted by atomic mass is 10.0. The van der Waals surface area contributed by atoms with E-state index in [-0.39, 0.29) is 24.1 Å². The van der Waals surface area contributed by atoms with E-state index in [1.807, 2.05) is 52.0 Å². The van der Waals surface area contributed by atoms with E-state index in [1.165, 1.54) is 5.56 Å². The zero-order valence-electron chi connectivity index (χ0n) is 12.8. The molecule has 0 radical (unpaired) electrons. The molecular formula is C16H26N2O2. The summed E-state index contributed by atoms with van der Waals surface area (Å²) in [6, 6.07) is 7.86. The van der Waals surface area contributed by atoms with Crippen molar-refractivity contribution >= 4 is 6.03 Å². The number of aliphatic hydroxyl groups excluding tert-OH is 1. The number of amides is 2. The summed E-state index contributed by atoms with van der Waals surface area (Å²) in [4.78, 5) is 11.7. The van der Waals surface area contributed by atoms with E-state index in [1.54, 1.807) is 0 Å². The van der Waals surface area contributed by atoms with Gasteiger partial charge in [0.15, 0.2) is 0 Å². The third-order valence-electron chi connectivity index (χ3n) is 3.42. The molecule has 1 rings (SSSR count). The van der Waals surface area contributed by atoms with Gasteiger partial charge in [0, 0.05) is 6.54 Å². The molecule has 0 saturated carbocycles. The van der Waals surface area contributed by atoms with Crippen molar-refractivity contribution in [1.82, 2.24) is 10.6 Å². The maximum atomic E-state index is 11.7. The molecule has 1 aromatic rings. The first-order valence-electron chi connectivity index (χ1n) is 7.19. The van der Waals surface area contributed by atoms with Crippen molar-refractivity contribution < 1.29 is 9.90 Å². The number of benzene rings is 1. The van der Waals surface area contributed by atoms with Crippen LogP contribution in [0.25, 0.3) is 0 Å². The van der Waals surface area contributed by atoms with Gasteiger partial charge in [-0.25, -0.2) is 4.79 Å². The third-order valence-corrected chi connectivity index (χ3v) is 3.42. The van der Waals surface area contributed by atoms with E-state index in [0.29, 0.717) is 13.0 Å². The molecular weight excluding hydrogens is 252 g/mol. The predicted octanol–water partition coefficient (Wildman–Crippen LogP) is 2.76. The maximum absolute atomic E-state index is 11.7. The van der Waals surface area contributed by atoms with Gasteiger partial charge < -0.3 is 15.7 Å². The first-order valence-corrected chi connectivity index (χ1v) is 7.19. The summed E-state index contributed by atoms with van der Waals surface area (Å²) in [7, 11) is 0. The maximum Gasteiger partial charge on any atom is 0.315 e. The molecule has 0 saturated heterocycles. The normalized spacial score (nSPS) is 13.9. The first-order chi connectivity index (χ1) is 9.40. The average Bonchev–Trinajstić information content (AvgIpc) is 2.39. The Morgan fingerprint density at radius 1 is 1.20 bits per heavy atom. The van der Waals surface area contributed by atoms with Gasteiger partial charge in [0.1, 0.15) is 0 Å². The van der Waals surface area contributed by atoms with Crippen LogP contribution in [0.2, 0.25) is 0 Å². The van der Waals surface area contributed by atoms with E-state index in [9.17, 15) is 9.90 Å². The zero-order valence-corrected chi connectivity index (χ0v) is 12.8. The Kier molecular flexibility index (Phi) is 6.52. The van der Waals surface area contributed by atoms with Gasteiger partial charge in [0.2, 0.25) is 0 Å².